The Morgan fingerprint density at radius 3 is 1.63 bits per heavy atom. The van der Waals surface area contributed by atoms with E-state index < -0.39 is 0 Å². The first kappa shape index (κ1) is 19.0. The zero-order valence-corrected chi connectivity index (χ0v) is 13.9. The van der Waals surface area contributed by atoms with Crippen LogP contribution < -0.4 is 0 Å². The van der Waals surface area contributed by atoms with E-state index in [9.17, 15) is 0 Å². The highest BCUT2D eigenvalue weighted by Gasteiger charge is 2.06. The summed E-state index contributed by atoms with van der Waals surface area (Å²) in [5.41, 5.74) is 0. The van der Waals surface area contributed by atoms with E-state index in [1.54, 1.807) is 0 Å². The average Bonchev–Trinajstić information content (AvgIpc) is 2.42. The zero-order chi connectivity index (χ0) is 14.2. The number of hydrogen-bond acceptors (Lipinski definition) is 0. The summed E-state index contributed by atoms with van der Waals surface area (Å²) in [6.45, 7) is 8.58. The molecule has 1 radical (unpaired) electrons. The third kappa shape index (κ3) is 14.2. The highest BCUT2D eigenvalue weighted by molar-refractivity contribution is 4.60. The number of rotatable bonds is 15. The second-order valence-electron chi connectivity index (χ2n) is 6.27. The third-order valence-corrected chi connectivity index (χ3v) is 4.28. The Hall–Kier alpha value is 0. The maximum atomic E-state index is 3.95. The Labute approximate surface area is 123 Å². The van der Waals surface area contributed by atoms with Crippen molar-refractivity contribution < 1.29 is 0 Å². The second kappa shape index (κ2) is 16.1. The summed E-state index contributed by atoms with van der Waals surface area (Å²) in [5, 5.41) is 0. The molecule has 0 aliphatic heterocycles. The molecule has 0 saturated heterocycles. The minimum absolute atomic E-state index is 1.01. The lowest BCUT2D eigenvalue weighted by molar-refractivity contribution is 0.381. The Kier molecular flexibility index (Phi) is 16.1. The summed E-state index contributed by atoms with van der Waals surface area (Å²) in [5.74, 6) is 1.01. The van der Waals surface area contributed by atoms with Gasteiger partial charge >= 0.3 is 0 Å². The summed E-state index contributed by atoms with van der Waals surface area (Å²) < 4.78 is 0. The average molecular weight is 268 g/mol. The van der Waals surface area contributed by atoms with Crippen molar-refractivity contribution in [3.05, 3.63) is 6.92 Å². The summed E-state index contributed by atoms with van der Waals surface area (Å²) in [6, 6.07) is 0. The van der Waals surface area contributed by atoms with Gasteiger partial charge in [-0.1, -0.05) is 117 Å². The van der Waals surface area contributed by atoms with Crippen molar-refractivity contribution in [1.29, 1.82) is 0 Å². The molecule has 0 aliphatic rings. The summed E-state index contributed by atoms with van der Waals surface area (Å²) in [7, 11) is 0. The molecule has 0 heterocycles. The molecule has 1 unspecified atom stereocenters. The first-order valence-corrected chi connectivity index (χ1v) is 9.14. The van der Waals surface area contributed by atoms with Crippen LogP contribution in [0.3, 0.4) is 0 Å². The van der Waals surface area contributed by atoms with Gasteiger partial charge in [0.1, 0.15) is 0 Å². The van der Waals surface area contributed by atoms with Gasteiger partial charge in [0, 0.05) is 0 Å². The van der Waals surface area contributed by atoms with Crippen LogP contribution in [0.1, 0.15) is 110 Å². The fraction of sp³-hybridized carbons (Fsp3) is 0.947. The predicted octanol–water partition coefficient (Wildman–Crippen LogP) is 7.33. The SMILES string of the molecule is [CH2]CCCCC(CCC)CCCCCCCCCC. The molecule has 0 spiro atoms. The van der Waals surface area contributed by atoms with E-state index in [-0.39, 0.29) is 0 Å². The van der Waals surface area contributed by atoms with Gasteiger partial charge < -0.3 is 0 Å². The van der Waals surface area contributed by atoms with Crippen LogP contribution >= 0.6 is 0 Å². The number of hydrogen-bond donors (Lipinski definition) is 0. The third-order valence-electron chi connectivity index (χ3n) is 4.28. The molecule has 1 atom stereocenters. The predicted molar refractivity (Wildman–Crippen MR) is 89.5 cm³/mol. The van der Waals surface area contributed by atoms with Crippen molar-refractivity contribution in [2.45, 2.75) is 110 Å². The van der Waals surface area contributed by atoms with E-state index in [0.717, 1.165) is 12.3 Å². The van der Waals surface area contributed by atoms with Crippen molar-refractivity contribution in [2.24, 2.45) is 5.92 Å². The lowest BCUT2D eigenvalue weighted by Crippen LogP contribution is -2.00. The summed E-state index contributed by atoms with van der Waals surface area (Å²) in [6.07, 6.45) is 21.2. The zero-order valence-electron chi connectivity index (χ0n) is 13.9. The van der Waals surface area contributed by atoms with Crippen LogP contribution in [-0.4, -0.2) is 0 Å². The maximum Gasteiger partial charge on any atom is -0.0414 e. The van der Waals surface area contributed by atoms with Gasteiger partial charge in [-0.15, -0.1) is 0 Å². The molecule has 0 amide bonds. The monoisotopic (exact) mass is 267 g/mol. The lowest BCUT2D eigenvalue weighted by Gasteiger charge is -2.15. The van der Waals surface area contributed by atoms with Crippen LogP contribution in [0.5, 0.6) is 0 Å². The minimum atomic E-state index is 1.01. The normalized spacial score (nSPS) is 12.8. The molecule has 0 saturated carbocycles. The first-order chi connectivity index (χ1) is 9.35. The van der Waals surface area contributed by atoms with Gasteiger partial charge in [0.2, 0.25) is 0 Å². The van der Waals surface area contributed by atoms with E-state index >= 15 is 0 Å². The maximum absolute atomic E-state index is 3.95. The summed E-state index contributed by atoms with van der Waals surface area (Å²) >= 11 is 0. The number of unbranched alkanes of at least 4 members (excludes halogenated alkanes) is 9. The van der Waals surface area contributed by atoms with Crippen LogP contribution in [0.15, 0.2) is 0 Å². The molecule has 0 rings (SSSR count). The van der Waals surface area contributed by atoms with E-state index in [1.807, 2.05) is 0 Å². The van der Waals surface area contributed by atoms with Crippen molar-refractivity contribution >= 4 is 0 Å². The largest absolute Gasteiger partial charge is 0.0654 e. The van der Waals surface area contributed by atoms with Gasteiger partial charge in [-0.2, -0.15) is 0 Å². The molecule has 115 valence electrons. The Balaban J connectivity index is 3.36. The smallest absolute Gasteiger partial charge is 0.0414 e. The van der Waals surface area contributed by atoms with Gasteiger partial charge in [-0.25, -0.2) is 0 Å². The molecule has 0 heteroatoms. The quantitative estimate of drug-likeness (QED) is 0.272. The van der Waals surface area contributed by atoms with Crippen molar-refractivity contribution in [3.8, 4) is 0 Å². The van der Waals surface area contributed by atoms with E-state index in [2.05, 4.69) is 20.8 Å². The molecule has 0 bridgehead atoms. The van der Waals surface area contributed by atoms with Crippen LogP contribution in [0.2, 0.25) is 0 Å². The Morgan fingerprint density at radius 2 is 1.11 bits per heavy atom. The molecular formula is C19H39. The molecule has 0 aliphatic carbocycles. The fourth-order valence-electron chi connectivity index (χ4n) is 3.02. The standard InChI is InChI=1S/C19H39/c1-4-7-9-10-11-12-13-15-18-19(16-6-3)17-14-8-5-2/h19H,2,4-18H2,1,3H3. The van der Waals surface area contributed by atoms with Crippen LogP contribution in [0.4, 0.5) is 0 Å². The molecule has 0 nitrogen and oxygen atoms in total. The van der Waals surface area contributed by atoms with E-state index in [1.165, 1.54) is 89.9 Å². The lowest BCUT2D eigenvalue weighted by atomic mass is 9.91. The minimum Gasteiger partial charge on any atom is -0.0654 e. The van der Waals surface area contributed by atoms with Crippen molar-refractivity contribution in [2.75, 3.05) is 0 Å². The van der Waals surface area contributed by atoms with Crippen LogP contribution in [-0.2, 0) is 0 Å². The topological polar surface area (TPSA) is 0 Å². The van der Waals surface area contributed by atoms with E-state index in [0.29, 0.717) is 0 Å². The van der Waals surface area contributed by atoms with Crippen molar-refractivity contribution in [3.63, 3.8) is 0 Å². The van der Waals surface area contributed by atoms with Gasteiger partial charge in [0.25, 0.3) is 0 Å². The first-order valence-electron chi connectivity index (χ1n) is 9.14. The van der Waals surface area contributed by atoms with Crippen molar-refractivity contribution in [1.82, 2.24) is 0 Å². The van der Waals surface area contributed by atoms with Crippen LogP contribution in [0.25, 0.3) is 0 Å². The Morgan fingerprint density at radius 1 is 0.579 bits per heavy atom. The van der Waals surface area contributed by atoms with Gasteiger partial charge in [0.05, 0.1) is 0 Å². The van der Waals surface area contributed by atoms with Gasteiger partial charge in [0.15, 0.2) is 0 Å². The highest BCUT2D eigenvalue weighted by atomic mass is 14.1. The highest BCUT2D eigenvalue weighted by Crippen LogP contribution is 2.22. The molecule has 0 N–H and O–H groups in total. The molecule has 0 fully saturated rings. The second-order valence-corrected chi connectivity index (χ2v) is 6.27. The fourth-order valence-corrected chi connectivity index (χ4v) is 3.02. The van der Waals surface area contributed by atoms with Crippen LogP contribution in [0, 0.1) is 12.8 Å². The molecular weight excluding hydrogens is 228 g/mol. The molecule has 0 aromatic rings. The van der Waals surface area contributed by atoms with Gasteiger partial charge in [-0.05, 0) is 5.92 Å². The molecule has 0 aromatic carbocycles. The summed E-state index contributed by atoms with van der Waals surface area (Å²) in [4.78, 5) is 0. The Bertz CT molecular complexity index is 150. The van der Waals surface area contributed by atoms with Gasteiger partial charge in [-0.3, -0.25) is 0 Å². The van der Waals surface area contributed by atoms with E-state index in [4.69, 9.17) is 0 Å². The molecule has 0 aromatic heterocycles. The molecule has 19 heavy (non-hydrogen) atoms.